The number of halogens is 1. The predicted molar refractivity (Wildman–Crippen MR) is 91.7 cm³/mol. The van der Waals surface area contributed by atoms with E-state index >= 15 is 0 Å². The molecule has 1 fully saturated rings. The highest BCUT2D eigenvalue weighted by atomic mass is 35.5. The van der Waals surface area contributed by atoms with Gasteiger partial charge in [-0.3, -0.25) is 0 Å². The predicted octanol–water partition coefficient (Wildman–Crippen LogP) is 3.17. The number of nitrogens with one attached hydrogen (secondary N) is 1. The van der Waals surface area contributed by atoms with Crippen molar-refractivity contribution in [2.75, 3.05) is 0 Å². The third kappa shape index (κ3) is 4.45. The molecule has 0 aliphatic heterocycles. The first kappa shape index (κ1) is 17.6. The summed E-state index contributed by atoms with van der Waals surface area (Å²) in [6.45, 7) is 7.25. The molecule has 0 saturated heterocycles. The van der Waals surface area contributed by atoms with Gasteiger partial charge in [-0.15, -0.1) is 5.10 Å². The zero-order chi connectivity index (χ0) is 18.2. The minimum absolute atomic E-state index is 0.358. The molecule has 1 aliphatic rings. The molecule has 1 saturated carbocycles. The van der Waals surface area contributed by atoms with Gasteiger partial charge in [0.15, 0.2) is 11.6 Å². The maximum atomic E-state index is 12.0. The van der Waals surface area contributed by atoms with Crippen molar-refractivity contribution in [1.29, 1.82) is 0 Å². The van der Waals surface area contributed by atoms with E-state index in [2.05, 4.69) is 25.4 Å². The van der Waals surface area contributed by atoms with E-state index in [-0.39, 0.29) is 0 Å². The number of hydrogen-bond acceptors (Lipinski definition) is 6. The van der Waals surface area contributed by atoms with Crippen LogP contribution in [0.25, 0.3) is 5.95 Å². The number of aromatic nitrogens is 5. The lowest BCUT2D eigenvalue weighted by atomic mass is 10.2. The fourth-order valence-electron chi connectivity index (χ4n) is 2.25. The van der Waals surface area contributed by atoms with Crippen LogP contribution in [0.15, 0.2) is 12.4 Å². The molecule has 1 atom stereocenters. The summed E-state index contributed by atoms with van der Waals surface area (Å²) in [7, 11) is 0. The van der Waals surface area contributed by atoms with Crippen molar-refractivity contribution in [3.8, 4) is 5.95 Å². The van der Waals surface area contributed by atoms with Gasteiger partial charge in [0.05, 0.1) is 23.5 Å². The maximum absolute atomic E-state index is 12.0. The second-order valence-corrected chi connectivity index (χ2v) is 7.52. The van der Waals surface area contributed by atoms with Gasteiger partial charge in [0.25, 0.3) is 5.95 Å². The van der Waals surface area contributed by atoms with E-state index in [1.807, 2.05) is 27.7 Å². The van der Waals surface area contributed by atoms with Crippen molar-refractivity contribution in [2.24, 2.45) is 0 Å². The summed E-state index contributed by atoms with van der Waals surface area (Å²) in [6.07, 6.45) is 4.62. The van der Waals surface area contributed by atoms with Gasteiger partial charge in [-0.1, -0.05) is 11.6 Å². The second kappa shape index (κ2) is 6.59. The molecular formula is C16H21ClN6O2. The fraction of sp³-hybridized carbons (Fsp3) is 0.562. The molecule has 1 N–H and O–H groups in total. The van der Waals surface area contributed by atoms with Gasteiger partial charge >= 0.3 is 6.09 Å². The first-order valence-corrected chi connectivity index (χ1v) is 8.55. The molecule has 0 aromatic carbocycles. The van der Waals surface area contributed by atoms with Gasteiger partial charge in [-0.05, 0) is 40.5 Å². The Morgan fingerprint density at radius 2 is 2.00 bits per heavy atom. The van der Waals surface area contributed by atoms with Crippen LogP contribution < -0.4 is 5.32 Å². The summed E-state index contributed by atoms with van der Waals surface area (Å²) >= 11 is 5.85. The summed E-state index contributed by atoms with van der Waals surface area (Å²) in [5.41, 5.74) is -0.573. The van der Waals surface area contributed by atoms with Gasteiger partial charge in [-0.2, -0.15) is 4.68 Å². The lowest BCUT2D eigenvalue weighted by Gasteiger charge is -2.21. The van der Waals surface area contributed by atoms with Crippen LogP contribution in [-0.4, -0.2) is 36.4 Å². The number of carbonyl (C=O) groups is 1. The van der Waals surface area contributed by atoms with Crippen LogP contribution in [0.2, 0.25) is 5.02 Å². The van der Waals surface area contributed by atoms with Crippen molar-refractivity contribution in [1.82, 2.24) is 30.0 Å². The van der Waals surface area contributed by atoms with E-state index in [4.69, 9.17) is 16.3 Å². The zero-order valence-corrected chi connectivity index (χ0v) is 15.4. The van der Waals surface area contributed by atoms with Gasteiger partial charge in [-0.25, -0.2) is 19.7 Å². The van der Waals surface area contributed by atoms with Crippen molar-refractivity contribution in [3.05, 3.63) is 29.1 Å². The Bertz CT molecular complexity index is 764. The Morgan fingerprint density at radius 1 is 1.36 bits per heavy atom. The minimum Gasteiger partial charge on any atom is -0.444 e. The maximum Gasteiger partial charge on any atom is 0.408 e. The highest BCUT2D eigenvalue weighted by Crippen LogP contribution is 2.38. The first-order chi connectivity index (χ1) is 11.7. The standard InChI is InChI=1S/C16H21ClN6O2/c1-9(20-15(24)25-16(2,3)4)13-21-12(10-5-6-10)22-23(13)14-18-7-11(17)8-19-14/h7-10H,5-6H2,1-4H3,(H,20,24)/t9-/m0/s1. The lowest BCUT2D eigenvalue weighted by molar-refractivity contribution is 0.0505. The quantitative estimate of drug-likeness (QED) is 0.895. The number of nitrogens with zero attached hydrogens (tertiary/aromatic N) is 5. The highest BCUT2D eigenvalue weighted by Gasteiger charge is 2.31. The Balaban J connectivity index is 1.86. The van der Waals surface area contributed by atoms with Crippen LogP contribution in [0.1, 0.15) is 64.1 Å². The number of ether oxygens (including phenoxy) is 1. The van der Waals surface area contributed by atoms with Crippen molar-refractivity contribution >= 4 is 17.7 Å². The van der Waals surface area contributed by atoms with E-state index in [9.17, 15) is 4.79 Å². The van der Waals surface area contributed by atoms with Gasteiger partial charge in [0, 0.05) is 5.92 Å². The van der Waals surface area contributed by atoms with E-state index in [1.165, 1.54) is 12.4 Å². The van der Waals surface area contributed by atoms with Crippen LogP contribution in [0, 0.1) is 0 Å². The first-order valence-electron chi connectivity index (χ1n) is 8.17. The van der Waals surface area contributed by atoms with Crippen LogP contribution >= 0.6 is 11.6 Å². The molecule has 9 heteroatoms. The molecular weight excluding hydrogens is 344 g/mol. The number of rotatable bonds is 4. The third-order valence-corrected chi connectivity index (χ3v) is 3.70. The Labute approximate surface area is 151 Å². The molecule has 3 rings (SSSR count). The fourth-order valence-corrected chi connectivity index (χ4v) is 2.34. The number of hydrogen-bond donors (Lipinski definition) is 1. The molecule has 0 unspecified atom stereocenters. The summed E-state index contributed by atoms with van der Waals surface area (Å²) < 4.78 is 6.85. The van der Waals surface area contributed by atoms with E-state index in [1.54, 1.807) is 4.68 Å². The van der Waals surface area contributed by atoms with Crippen LogP contribution in [0.4, 0.5) is 4.79 Å². The molecule has 134 valence electrons. The molecule has 1 amide bonds. The molecule has 2 aromatic heterocycles. The molecule has 2 heterocycles. The molecule has 1 aliphatic carbocycles. The number of alkyl carbamates (subject to hydrolysis) is 1. The van der Waals surface area contributed by atoms with E-state index in [0.29, 0.717) is 22.7 Å². The zero-order valence-electron chi connectivity index (χ0n) is 14.7. The molecule has 8 nitrogen and oxygen atoms in total. The highest BCUT2D eigenvalue weighted by molar-refractivity contribution is 6.30. The molecule has 0 radical (unpaired) electrons. The summed E-state index contributed by atoms with van der Waals surface area (Å²) in [5.74, 6) is 2.01. The monoisotopic (exact) mass is 364 g/mol. The second-order valence-electron chi connectivity index (χ2n) is 7.08. The smallest absolute Gasteiger partial charge is 0.408 e. The SMILES string of the molecule is C[C@H](NC(=O)OC(C)(C)C)c1nc(C2CC2)nn1-c1ncc(Cl)cn1. The van der Waals surface area contributed by atoms with Gasteiger partial charge < -0.3 is 10.1 Å². The average Bonchev–Trinajstić information content (AvgIpc) is 3.25. The Hall–Kier alpha value is -2.22. The van der Waals surface area contributed by atoms with Crippen LogP contribution in [0.3, 0.4) is 0 Å². The summed E-state index contributed by atoms with van der Waals surface area (Å²) in [4.78, 5) is 25.0. The van der Waals surface area contributed by atoms with Crippen molar-refractivity contribution in [2.45, 2.75) is 58.1 Å². The minimum atomic E-state index is -0.573. The van der Waals surface area contributed by atoms with Crippen molar-refractivity contribution in [3.63, 3.8) is 0 Å². The van der Waals surface area contributed by atoms with Crippen molar-refractivity contribution < 1.29 is 9.53 Å². The van der Waals surface area contributed by atoms with Gasteiger partial charge in [0.2, 0.25) is 0 Å². The van der Waals surface area contributed by atoms with Crippen LogP contribution in [0.5, 0.6) is 0 Å². The summed E-state index contributed by atoms with van der Waals surface area (Å²) in [6, 6.07) is -0.422. The van der Waals surface area contributed by atoms with E-state index < -0.39 is 17.7 Å². The molecule has 0 bridgehead atoms. The number of carbonyl (C=O) groups excluding carboxylic acids is 1. The normalized spacial score (nSPS) is 15.7. The van der Waals surface area contributed by atoms with E-state index in [0.717, 1.165) is 18.7 Å². The summed E-state index contributed by atoms with van der Waals surface area (Å²) in [5, 5.41) is 7.74. The van der Waals surface area contributed by atoms with Crippen LogP contribution in [-0.2, 0) is 4.74 Å². The average molecular weight is 365 g/mol. The topological polar surface area (TPSA) is 94.8 Å². The molecule has 25 heavy (non-hydrogen) atoms. The Kier molecular flexibility index (Phi) is 4.64. The van der Waals surface area contributed by atoms with Gasteiger partial charge in [0.1, 0.15) is 5.60 Å². The molecule has 2 aromatic rings. The number of amides is 1. The largest absolute Gasteiger partial charge is 0.444 e. The Morgan fingerprint density at radius 3 is 2.56 bits per heavy atom. The molecule has 0 spiro atoms. The lowest BCUT2D eigenvalue weighted by Crippen LogP contribution is -2.35. The third-order valence-electron chi connectivity index (χ3n) is 3.51.